The summed E-state index contributed by atoms with van der Waals surface area (Å²) in [6.45, 7) is 10.3. The largest absolute Gasteiger partial charge is 0.468 e. The van der Waals surface area contributed by atoms with Gasteiger partial charge < -0.3 is 14.8 Å². The maximum atomic E-state index is 11.9. The summed E-state index contributed by atoms with van der Waals surface area (Å²) in [5, 5.41) is 3.25. The Balaban J connectivity index is 2.61. The molecule has 1 rings (SSSR count). The van der Waals surface area contributed by atoms with E-state index in [1.807, 2.05) is 13.8 Å². The monoisotopic (exact) mass is 258 g/mol. The van der Waals surface area contributed by atoms with Crippen LogP contribution < -0.4 is 5.32 Å². The van der Waals surface area contributed by atoms with Gasteiger partial charge in [-0.05, 0) is 26.8 Å². The third-order valence-corrected chi connectivity index (χ3v) is 3.58. The van der Waals surface area contributed by atoms with Crippen molar-refractivity contribution in [1.29, 1.82) is 0 Å². The molecule has 0 aromatic rings. The van der Waals surface area contributed by atoms with Gasteiger partial charge in [-0.3, -0.25) is 9.69 Å². The van der Waals surface area contributed by atoms with E-state index in [1.165, 1.54) is 7.11 Å². The van der Waals surface area contributed by atoms with Crippen LogP contribution >= 0.6 is 0 Å². The Morgan fingerprint density at radius 2 is 2.11 bits per heavy atom. The lowest BCUT2D eigenvalue weighted by atomic mass is 9.92. The molecule has 2 atom stereocenters. The first-order valence-corrected chi connectivity index (χ1v) is 6.68. The Hall–Kier alpha value is -0.650. The summed E-state index contributed by atoms with van der Waals surface area (Å²) in [4.78, 5) is 14.3. The summed E-state index contributed by atoms with van der Waals surface area (Å²) in [5.74, 6) is -0.190. The molecule has 1 N–H and O–H groups in total. The van der Waals surface area contributed by atoms with Gasteiger partial charge in [0.2, 0.25) is 0 Å². The zero-order chi connectivity index (χ0) is 13.6. The Morgan fingerprint density at radius 3 is 2.61 bits per heavy atom. The van der Waals surface area contributed by atoms with Crippen LogP contribution in [0.2, 0.25) is 0 Å². The van der Waals surface area contributed by atoms with Crippen LogP contribution in [0.3, 0.4) is 0 Å². The molecule has 1 aliphatic rings. The summed E-state index contributed by atoms with van der Waals surface area (Å²) in [5.41, 5.74) is -0.610. The van der Waals surface area contributed by atoms with Gasteiger partial charge in [-0.15, -0.1) is 0 Å². The molecule has 0 amide bonds. The number of rotatable bonds is 6. The van der Waals surface area contributed by atoms with E-state index in [-0.39, 0.29) is 5.97 Å². The molecule has 5 heteroatoms. The van der Waals surface area contributed by atoms with E-state index in [2.05, 4.69) is 17.1 Å². The average Bonchev–Trinajstić information content (AvgIpc) is 2.39. The molecule has 1 heterocycles. The van der Waals surface area contributed by atoms with Crippen molar-refractivity contribution in [3.05, 3.63) is 0 Å². The highest BCUT2D eigenvalue weighted by Gasteiger charge is 2.36. The molecule has 1 aliphatic heterocycles. The highest BCUT2D eigenvalue weighted by Crippen LogP contribution is 2.19. The van der Waals surface area contributed by atoms with Gasteiger partial charge in [0, 0.05) is 19.1 Å². The number of hydrogen-bond acceptors (Lipinski definition) is 5. The van der Waals surface area contributed by atoms with Crippen LogP contribution in [-0.2, 0) is 14.3 Å². The Morgan fingerprint density at radius 1 is 1.50 bits per heavy atom. The molecule has 106 valence electrons. The van der Waals surface area contributed by atoms with Gasteiger partial charge in [0.05, 0.1) is 20.3 Å². The molecule has 18 heavy (non-hydrogen) atoms. The molecular weight excluding hydrogens is 232 g/mol. The van der Waals surface area contributed by atoms with Gasteiger partial charge >= 0.3 is 5.97 Å². The van der Waals surface area contributed by atoms with Gasteiger partial charge in [-0.2, -0.15) is 0 Å². The summed E-state index contributed by atoms with van der Waals surface area (Å²) >= 11 is 0. The standard InChI is InChI=1S/C13H26N2O3/c1-5-14-13(3,12(16)17-4)10-11(2)15-6-8-18-9-7-15/h11,14H,5-10H2,1-4H3. The number of morpholine rings is 1. The minimum absolute atomic E-state index is 0.190. The molecule has 0 spiro atoms. The van der Waals surface area contributed by atoms with Crippen LogP contribution in [0.1, 0.15) is 27.2 Å². The molecule has 1 saturated heterocycles. The van der Waals surface area contributed by atoms with Crippen molar-refractivity contribution < 1.29 is 14.3 Å². The quantitative estimate of drug-likeness (QED) is 0.709. The second kappa shape index (κ2) is 7.07. The molecule has 0 bridgehead atoms. The maximum absolute atomic E-state index is 11.9. The van der Waals surface area contributed by atoms with Crippen molar-refractivity contribution in [2.75, 3.05) is 40.0 Å². The van der Waals surface area contributed by atoms with Crippen molar-refractivity contribution in [3.63, 3.8) is 0 Å². The van der Waals surface area contributed by atoms with E-state index >= 15 is 0 Å². The number of nitrogens with zero attached hydrogens (tertiary/aromatic N) is 1. The molecule has 0 aromatic heterocycles. The predicted octanol–water partition coefficient (Wildman–Crippen LogP) is 0.638. The number of hydrogen-bond donors (Lipinski definition) is 1. The highest BCUT2D eigenvalue weighted by molar-refractivity contribution is 5.80. The van der Waals surface area contributed by atoms with Gasteiger partial charge in [0.25, 0.3) is 0 Å². The number of methoxy groups -OCH3 is 1. The van der Waals surface area contributed by atoms with E-state index in [0.717, 1.165) is 39.3 Å². The van der Waals surface area contributed by atoms with E-state index in [4.69, 9.17) is 9.47 Å². The van der Waals surface area contributed by atoms with Crippen LogP contribution in [-0.4, -0.2) is 62.4 Å². The molecule has 0 saturated carbocycles. The first-order chi connectivity index (χ1) is 8.53. The summed E-state index contributed by atoms with van der Waals surface area (Å²) in [6, 6.07) is 0.331. The SMILES string of the molecule is CCNC(C)(CC(C)N1CCOCC1)C(=O)OC. The Labute approximate surface area is 110 Å². The average molecular weight is 258 g/mol. The van der Waals surface area contributed by atoms with Crippen LogP contribution in [0.15, 0.2) is 0 Å². The lowest BCUT2D eigenvalue weighted by Gasteiger charge is -2.37. The van der Waals surface area contributed by atoms with Crippen LogP contribution in [0.4, 0.5) is 0 Å². The minimum Gasteiger partial charge on any atom is -0.468 e. The molecule has 2 unspecified atom stereocenters. The van der Waals surface area contributed by atoms with Gasteiger partial charge in [-0.25, -0.2) is 0 Å². The maximum Gasteiger partial charge on any atom is 0.325 e. The predicted molar refractivity (Wildman–Crippen MR) is 70.6 cm³/mol. The Kier molecular flexibility index (Phi) is 6.05. The van der Waals surface area contributed by atoms with Crippen LogP contribution in [0, 0.1) is 0 Å². The number of carbonyl (C=O) groups is 1. The number of ether oxygens (including phenoxy) is 2. The van der Waals surface area contributed by atoms with Gasteiger partial charge in [0.1, 0.15) is 5.54 Å². The minimum atomic E-state index is -0.610. The lowest BCUT2D eigenvalue weighted by Crippen LogP contribution is -2.55. The van der Waals surface area contributed by atoms with E-state index in [0.29, 0.717) is 6.04 Å². The van der Waals surface area contributed by atoms with Crippen molar-refractivity contribution >= 4 is 5.97 Å². The molecule has 0 aliphatic carbocycles. The highest BCUT2D eigenvalue weighted by atomic mass is 16.5. The number of carbonyl (C=O) groups excluding carboxylic acids is 1. The van der Waals surface area contributed by atoms with Crippen LogP contribution in [0.25, 0.3) is 0 Å². The van der Waals surface area contributed by atoms with E-state index in [9.17, 15) is 4.79 Å². The van der Waals surface area contributed by atoms with Crippen molar-refractivity contribution in [3.8, 4) is 0 Å². The fourth-order valence-electron chi connectivity index (χ4n) is 2.58. The molecular formula is C13H26N2O3. The second-order valence-electron chi connectivity index (χ2n) is 5.06. The molecule has 1 fully saturated rings. The van der Waals surface area contributed by atoms with Crippen molar-refractivity contribution in [1.82, 2.24) is 10.2 Å². The summed E-state index contributed by atoms with van der Waals surface area (Å²) in [7, 11) is 1.44. The van der Waals surface area contributed by atoms with Crippen molar-refractivity contribution in [2.24, 2.45) is 0 Å². The lowest BCUT2D eigenvalue weighted by molar-refractivity contribution is -0.149. The first kappa shape index (κ1) is 15.4. The van der Waals surface area contributed by atoms with Crippen LogP contribution in [0.5, 0.6) is 0 Å². The first-order valence-electron chi connectivity index (χ1n) is 6.68. The smallest absolute Gasteiger partial charge is 0.325 e. The molecule has 5 nitrogen and oxygen atoms in total. The number of nitrogens with one attached hydrogen (secondary N) is 1. The zero-order valence-electron chi connectivity index (χ0n) is 12.0. The number of esters is 1. The molecule has 0 radical (unpaired) electrons. The fraction of sp³-hybridized carbons (Fsp3) is 0.923. The van der Waals surface area contributed by atoms with E-state index < -0.39 is 5.54 Å². The fourth-order valence-corrected chi connectivity index (χ4v) is 2.58. The third kappa shape index (κ3) is 3.93. The second-order valence-corrected chi connectivity index (χ2v) is 5.06. The zero-order valence-corrected chi connectivity index (χ0v) is 12.0. The normalized spacial score (nSPS) is 22.2. The summed E-state index contributed by atoms with van der Waals surface area (Å²) < 4.78 is 10.3. The van der Waals surface area contributed by atoms with Gasteiger partial charge in [-0.1, -0.05) is 6.92 Å². The number of likely N-dealkylation sites (N-methyl/N-ethyl adjacent to an activating group) is 1. The third-order valence-electron chi connectivity index (χ3n) is 3.58. The van der Waals surface area contributed by atoms with E-state index in [1.54, 1.807) is 0 Å². The van der Waals surface area contributed by atoms with Gasteiger partial charge in [0.15, 0.2) is 0 Å². The van der Waals surface area contributed by atoms with Crippen molar-refractivity contribution in [2.45, 2.75) is 38.8 Å². The molecule has 0 aromatic carbocycles. The Bertz CT molecular complexity index is 267. The topological polar surface area (TPSA) is 50.8 Å². The summed E-state index contributed by atoms with van der Waals surface area (Å²) in [6.07, 6.45) is 0.744.